The molecule has 0 radical (unpaired) electrons. The normalized spacial score (nSPS) is 16.1. The Morgan fingerprint density at radius 2 is 1.32 bits per heavy atom. The largest absolute Gasteiger partial charge is 0.510 e. The molecule has 0 amide bonds. The van der Waals surface area contributed by atoms with E-state index in [0.717, 1.165) is 55.9 Å². The predicted octanol–water partition coefficient (Wildman–Crippen LogP) is 15.3. The third-order valence-corrected chi connectivity index (χ3v) is 13.5. The van der Waals surface area contributed by atoms with Crippen molar-refractivity contribution in [1.29, 1.82) is 0 Å². The second-order valence-electron chi connectivity index (χ2n) is 20.0. The minimum Gasteiger partial charge on any atom is -0.510 e. The molecule has 0 N–H and O–H groups in total. The van der Waals surface area contributed by atoms with Crippen LogP contribution in [0.3, 0.4) is 0 Å². The van der Waals surface area contributed by atoms with Gasteiger partial charge in [0.15, 0.2) is 0 Å². The first-order valence-corrected chi connectivity index (χ1v) is 22.9. The van der Waals surface area contributed by atoms with E-state index in [0.29, 0.717) is 28.2 Å². The zero-order valence-corrected chi connectivity index (χ0v) is 41.5. The van der Waals surface area contributed by atoms with Crippen LogP contribution < -0.4 is 9.30 Å². The fourth-order valence-electron chi connectivity index (χ4n) is 10.7. The molecule has 8 aromatic carbocycles. The van der Waals surface area contributed by atoms with Gasteiger partial charge in [-0.3, -0.25) is 4.57 Å². The fraction of sp³-hybridized carbons (Fsp3) is 0.175. The van der Waals surface area contributed by atoms with Gasteiger partial charge in [-0.05, 0) is 108 Å². The standard InChI is InChI=1S/C63H52N4O.Pt/c1-61(2,3)43-33-34-64-57(35-43)67-54-30-15-14-25-49(54)50-32-31-46(37-55(50)67)68-45-24-16-23-44(36-45)65-40-66(56-38-53-58-51(60(56)65)28-18-29-52(58)62(4,5)39-63(53,6)7)59-47(41-19-10-8-11-20-41)26-17-27-48(59)42-21-12-9-13-22-42;/h8-35,38H,39H2,1-7H3;/q-2;/i8D,9D,10D,11D,12D,13D,19D,20D,21D,22D;. The van der Waals surface area contributed by atoms with Gasteiger partial charge in [0.25, 0.3) is 6.33 Å². The van der Waals surface area contributed by atoms with Crippen molar-refractivity contribution in [3.05, 3.63) is 211 Å². The molecule has 12 rings (SSSR count). The zero-order valence-electron chi connectivity index (χ0n) is 49.2. The van der Waals surface area contributed by atoms with E-state index in [1.165, 1.54) is 5.56 Å². The van der Waals surface area contributed by atoms with Gasteiger partial charge in [-0.25, -0.2) is 4.98 Å². The summed E-state index contributed by atoms with van der Waals surface area (Å²) in [4.78, 5) is 4.85. The Balaban J connectivity index is 0.00000660. The number of hydrogen-bond donors (Lipinski definition) is 0. The van der Waals surface area contributed by atoms with Gasteiger partial charge in [0.2, 0.25) is 0 Å². The van der Waals surface area contributed by atoms with Gasteiger partial charge < -0.3 is 13.9 Å². The summed E-state index contributed by atoms with van der Waals surface area (Å²) in [6, 6.07) is 37.0. The third-order valence-electron chi connectivity index (χ3n) is 13.5. The van der Waals surface area contributed by atoms with Crippen molar-refractivity contribution in [1.82, 2.24) is 14.1 Å². The van der Waals surface area contributed by atoms with Crippen LogP contribution in [0.15, 0.2) is 176 Å². The van der Waals surface area contributed by atoms with Crippen LogP contribution in [0.2, 0.25) is 0 Å². The number of hydrogen-bond acceptors (Lipinski definition) is 2. The molecule has 0 fully saturated rings. The SMILES string of the molecule is [2H]c1c([2H])c([2H])c(-c2cccc(-c3c([2H])c([2H])c([2H])c([2H])c3[2H])c2-[n+]2[c-]n(-c3[c-]c(Oc4[c-]c5c(cc4)c4ccccc4n5-c4cc(C(C)(C)C)ccn4)ccc3)c3c4cccc5c4c(cc32)C(C)(C)CC5(C)C)c([2H])c1[2H].[Pt]. The molecule has 0 atom stereocenters. The fourth-order valence-corrected chi connectivity index (χ4v) is 10.7. The van der Waals surface area contributed by atoms with E-state index in [-0.39, 0.29) is 65.3 Å². The maximum Gasteiger partial charge on any atom is 0.268 e. The Kier molecular flexibility index (Phi) is 8.22. The van der Waals surface area contributed by atoms with Crippen molar-refractivity contribution in [3.8, 4) is 50.9 Å². The van der Waals surface area contributed by atoms with Crippen molar-refractivity contribution in [2.45, 2.75) is 71.1 Å². The number of imidazole rings is 1. The minimum atomic E-state index is -0.570. The van der Waals surface area contributed by atoms with Crippen LogP contribution in [0.1, 0.15) is 85.3 Å². The quantitative estimate of drug-likeness (QED) is 0.118. The number of para-hydroxylation sites is 2. The Morgan fingerprint density at radius 3 is 2.04 bits per heavy atom. The van der Waals surface area contributed by atoms with Gasteiger partial charge in [0.1, 0.15) is 5.82 Å². The average Bonchev–Trinajstić information content (AvgIpc) is 3.10. The van der Waals surface area contributed by atoms with Crippen LogP contribution in [-0.2, 0) is 37.3 Å². The van der Waals surface area contributed by atoms with E-state index in [4.69, 9.17) is 17.9 Å². The predicted molar refractivity (Wildman–Crippen MR) is 278 cm³/mol. The van der Waals surface area contributed by atoms with Crippen molar-refractivity contribution in [3.63, 3.8) is 0 Å². The maximum absolute atomic E-state index is 9.28. The molecule has 1 aliphatic rings. The zero-order chi connectivity index (χ0) is 55.2. The van der Waals surface area contributed by atoms with E-state index in [1.54, 1.807) is 22.8 Å². The molecule has 0 saturated heterocycles. The van der Waals surface area contributed by atoms with E-state index in [1.807, 2.05) is 65.4 Å². The van der Waals surface area contributed by atoms with Gasteiger partial charge in [-0.15, -0.1) is 29.7 Å². The Bertz CT molecular complexity index is 4260. The van der Waals surface area contributed by atoms with Crippen LogP contribution in [0.5, 0.6) is 11.5 Å². The molecule has 342 valence electrons. The first kappa shape index (κ1) is 34.2. The molecule has 0 bridgehead atoms. The van der Waals surface area contributed by atoms with Crippen LogP contribution in [0, 0.1) is 18.5 Å². The second-order valence-corrected chi connectivity index (χ2v) is 20.0. The van der Waals surface area contributed by atoms with E-state index >= 15 is 0 Å². The van der Waals surface area contributed by atoms with Gasteiger partial charge in [0.05, 0.1) is 30.4 Å². The summed E-state index contributed by atoms with van der Waals surface area (Å²) in [5.74, 6) is 1.56. The number of benzene rings is 8. The molecule has 5 nitrogen and oxygen atoms in total. The number of fused-ring (bicyclic) bond motifs is 5. The van der Waals surface area contributed by atoms with Gasteiger partial charge in [-0.1, -0.05) is 169 Å². The van der Waals surface area contributed by atoms with E-state index in [2.05, 4.69) is 108 Å². The Hall–Kier alpha value is -7.07. The second kappa shape index (κ2) is 16.6. The van der Waals surface area contributed by atoms with Crippen molar-refractivity contribution < 1.29 is 44.1 Å². The van der Waals surface area contributed by atoms with E-state index in [9.17, 15) is 5.48 Å². The molecule has 0 unspecified atom stereocenters. The minimum absolute atomic E-state index is 0. The smallest absolute Gasteiger partial charge is 0.268 e. The summed E-state index contributed by atoms with van der Waals surface area (Å²) in [6.07, 6.45) is 6.28. The molecular formula is C63H52N4OPt-2. The van der Waals surface area contributed by atoms with Crippen molar-refractivity contribution in [2.24, 2.45) is 0 Å². The topological polar surface area (TPSA) is 35.9 Å². The van der Waals surface area contributed by atoms with E-state index < -0.39 is 60.4 Å². The molecule has 3 aromatic heterocycles. The first-order valence-electron chi connectivity index (χ1n) is 27.9. The number of rotatable bonds is 7. The summed E-state index contributed by atoms with van der Waals surface area (Å²) in [5, 5.41) is 3.98. The Labute approximate surface area is 433 Å². The van der Waals surface area contributed by atoms with Gasteiger partial charge in [-0.2, -0.15) is 18.2 Å². The number of ether oxygens (including phenoxy) is 1. The molecular weight excluding hydrogens is 1020 g/mol. The number of aromatic nitrogens is 4. The van der Waals surface area contributed by atoms with Crippen LogP contribution in [-0.4, -0.2) is 14.1 Å². The molecule has 0 spiro atoms. The van der Waals surface area contributed by atoms with Crippen LogP contribution >= 0.6 is 0 Å². The molecule has 0 aliphatic heterocycles. The average molecular weight is 1090 g/mol. The first-order chi connectivity index (χ1) is 37.0. The summed E-state index contributed by atoms with van der Waals surface area (Å²) >= 11 is 0. The maximum atomic E-state index is 9.28. The van der Waals surface area contributed by atoms with Crippen molar-refractivity contribution in [2.75, 3.05) is 0 Å². The van der Waals surface area contributed by atoms with Crippen molar-refractivity contribution >= 4 is 43.6 Å². The van der Waals surface area contributed by atoms with Crippen LogP contribution in [0.4, 0.5) is 0 Å². The number of nitrogens with zero attached hydrogens (tertiary/aromatic N) is 4. The molecule has 1 aliphatic carbocycles. The molecule has 11 aromatic rings. The third kappa shape index (κ3) is 7.41. The molecule has 69 heavy (non-hydrogen) atoms. The summed E-state index contributed by atoms with van der Waals surface area (Å²) < 4.78 is 102. The van der Waals surface area contributed by atoms with Crippen LogP contribution in [0.25, 0.3) is 83.1 Å². The molecule has 6 heteroatoms. The monoisotopic (exact) mass is 1090 g/mol. The molecule has 3 heterocycles. The summed E-state index contributed by atoms with van der Waals surface area (Å²) in [5.41, 5.74) is 6.41. The number of pyridine rings is 1. The molecule has 0 saturated carbocycles. The van der Waals surface area contributed by atoms with Gasteiger partial charge in [0, 0.05) is 44.3 Å². The Morgan fingerprint density at radius 1 is 0.667 bits per heavy atom. The summed E-state index contributed by atoms with van der Waals surface area (Å²) in [7, 11) is 0. The van der Waals surface area contributed by atoms with Gasteiger partial charge >= 0.3 is 0 Å². The summed E-state index contributed by atoms with van der Waals surface area (Å²) in [6.45, 7) is 15.5.